The molecule has 3 rings (SSSR count). The summed E-state index contributed by atoms with van der Waals surface area (Å²) in [6, 6.07) is 0.275. The number of piperidine rings is 1. The SMILES string of the molecule is C=C(/C=C\C=C/CO)c1nc(N2CCC(N)CC2)c2c(n1)=CC(C)=CCC=2. The number of aromatic nitrogens is 2. The van der Waals surface area contributed by atoms with E-state index in [9.17, 15) is 0 Å². The number of anilines is 1. The summed E-state index contributed by atoms with van der Waals surface area (Å²) in [7, 11) is 0. The van der Waals surface area contributed by atoms with Gasteiger partial charge in [-0.25, -0.2) is 9.97 Å². The molecule has 142 valence electrons. The van der Waals surface area contributed by atoms with E-state index in [1.165, 1.54) is 5.57 Å². The lowest BCUT2D eigenvalue weighted by Gasteiger charge is -2.31. The van der Waals surface area contributed by atoms with Gasteiger partial charge >= 0.3 is 0 Å². The molecule has 1 aliphatic carbocycles. The van der Waals surface area contributed by atoms with Crippen molar-refractivity contribution >= 4 is 23.5 Å². The van der Waals surface area contributed by atoms with Crippen LogP contribution in [0.15, 0.2) is 42.5 Å². The minimum absolute atomic E-state index is 0.0177. The number of aliphatic hydroxyl groups is 1. The van der Waals surface area contributed by atoms with Crippen molar-refractivity contribution in [2.45, 2.75) is 32.2 Å². The molecule has 2 heterocycles. The average Bonchev–Trinajstić information content (AvgIpc) is 2.85. The van der Waals surface area contributed by atoms with Gasteiger partial charge in [0.1, 0.15) is 5.82 Å². The number of aliphatic hydroxyl groups excluding tert-OH is 1. The molecule has 1 saturated heterocycles. The Kier molecular flexibility index (Phi) is 6.37. The Balaban J connectivity index is 2.04. The minimum Gasteiger partial charge on any atom is -0.392 e. The van der Waals surface area contributed by atoms with Crippen molar-refractivity contribution in [3.8, 4) is 0 Å². The standard InChI is InChI=1S/C22H28N4O/c1-16-7-6-9-19-20(15-16)24-21(17(2)8-4-3-5-14-27)25-22(19)26-12-10-18(23)11-13-26/h3-5,7-9,15,18,27H,2,6,10-14,23H2,1H3/b5-3-,8-4-. The van der Waals surface area contributed by atoms with E-state index in [0.29, 0.717) is 5.82 Å². The second kappa shape index (κ2) is 8.93. The smallest absolute Gasteiger partial charge is 0.161 e. The molecule has 0 spiro atoms. The molecule has 5 heteroatoms. The summed E-state index contributed by atoms with van der Waals surface area (Å²) in [6.45, 7) is 8.06. The van der Waals surface area contributed by atoms with E-state index in [1.54, 1.807) is 12.2 Å². The quantitative estimate of drug-likeness (QED) is 0.773. The maximum Gasteiger partial charge on any atom is 0.161 e. The van der Waals surface area contributed by atoms with Crippen molar-refractivity contribution in [1.29, 1.82) is 0 Å². The summed E-state index contributed by atoms with van der Waals surface area (Å²) in [5, 5.41) is 10.9. The van der Waals surface area contributed by atoms with Crippen molar-refractivity contribution in [1.82, 2.24) is 9.97 Å². The Bertz CT molecular complexity index is 903. The largest absolute Gasteiger partial charge is 0.392 e. The van der Waals surface area contributed by atoms with Gasteiger partial charge in [-0.15, -0.1) is 0 Å². The summed E-state index contributed by atoms with van der Waals surface area (Å²) >= 11 is 0. The van der Waals surface area contributed by atoms with E-state index in [4.69, 9.17) is 20.8 Å². The first-order chi connectivity index (χ1) is 13.1. The van der Waals surface area contributed by atoms with Crippen molar-refractivity contribution in [2.24, 2.45) is 5.73 Å². The summed E-state index contributed by atoms with van der Waals surface area (Å²) < 4.78 is 0. The maximum atomic E-state index is 8.84. The van der Waals surface area contributed by atoms with Gasteiger partial charge in [-0.3, -0.25) is 0 Å². The molecule has 3 N–H and O–H groups in total. The molecule has 27 heavy (non-hydrogen) atoms. The van der Waals surface area contributed by atoms with Crippen LogP contribution in [0.2, 0.25) is 0 Å². The molecule has 2 aliphatic rings. The van der Waals surface area contributed by atoms with E-state index in [-0.39, 0.29) is 12.6 Å². The van der Waals surface area contributed by atoms with Gasteiger partial charge in [0, 0.05) is 29.9 Å². The highest BCUT2D eigenvalue weighted by molar-refractivity contribution is 5.69. The van der Waals surface area contributed by atoms with Gasteiger partial charge in [-0.05, 0) is 32.3 Å². The van der Waals surface area contributed by atoms with Crippen LogP contribution in [-0.4, -0.2) is 40.8 Å². The van der Waals surface area contributed by atoms with Gasteiger partial charge in [-0.2, -0.15) is 0 Å². The first-order valence-corrected chi connectivity index (χ1v) is 9.49. The third-order valence-electron chi connectivity index (χ3n) is 4.86. The molecular formula is C22H28N4O. The van der Waals surface area contributed by atoms with Gasteiger partial charge in [0.25, 0.3) is 0 Å². The lowest BCUT2D eigenvalue weighted by atomic mass is 10.1. The fourth-order valence-electron chi connectivity index (χ4n) is 3.30. The maximum absolute atomic E-state index is 8.84. The predicted molar refractivity (Wildman–Crippen MR) is 112 cm³/mol. The summed E-state index contributed by atoms with van der Waals surface area (Å²) in [5.74, 6) is 1.60. The first kappa shape index (κ1) is 19.3. The molecular weight excluding hydrogens is 336 g/mol. The molecule has 1 aliphatic heterocycles. The van der Waals surface area contributed by atoms with Gasteiger partial charge < -0.3 is 15.7 Å². The molecule has 0 aromatic carbocycles. The molecule has 0 atom stereocenters. The third kappa shape index (κ3) is 4.81. The van der Waals surface area contributed by atoms with E-state index in [2.05, 4.69) is 36.6 Å². The summed E-state index contributed by atoms with van der Waals surface area (Å²) in [5.41, 5.74) is 8.03. The van der Waals surface area contributed by atoms with E-state index >= 15 is 0 Å². The van der Waals surface area contributed by atoms with E-state index in [0.717, 1.165) is 54.3 Å². The topological polar surface area (TPSA) is 75.3 Å². The first-order valence-electron chi connectivity index (χ1n) is 9.49. The number of hydrogen-bond donors (Lipinski definition) is 2. The molecule has 1 fully saturated rings. The number of hydrogen-bond acceptors (Lipinski definition) is 5. The van der Waals surface area contributed by atoms with Crippen molar-refractivity contribution in [3.63, 3.8) is 0 Å². The molecule has 5 nitrogen and oxygen atoms in total. The Labute approximate surface area is 160 Å². The van der Waals surface area contributed by atoms with Crippen LogP contribution in [0.1, 0.15) is 32.0 Å². The summed E-state index contributed by atoms with van der Waals surface area (Å²) in [4.78, 5) is 12.0. The zero-order chi connectivity index (χ0) is 19.2. The Hall–Kier alpha value is -2.50. The van der Waals surface area contributed by atoms with Gasteiger partial charge in [0.15, 0.2) is 5.82 Å². The normalized spacial score (nSPS) is 18.0. The Morgan fingerprint density at radius 1 is 1.30 bits per heavy atom. The van der Waals surface area contributed by atoms with Crippen LogP contribution in [0, 0.1) is 0 Å². The van der Waals surface area contributed by atoms with Crippen molar-refractivity contribution < 1.29 is 5.11 Å². The van der Waals surface area contributed by atoms with Crippen LogP contribution in [0.3, 0.4) is 0 Å². The van der Waals surface area contributed by atoms with Gasteiger partial charge in [-0.1, -0.05) is 48.6 Å². The van der Waals surface area contributed by atoms with Gasteiger partial charge in [0.2, 0.25) is 0 Å². The highest BCUT2D eigenvalue weighted by Crippen LogP contribution is 2.16. The number of allylic oxidation sites excluding steroid dienone is 6. The zero-order valence-electron chi connectivity index (χ0n) is 15.9. The van der Waals surface area contributed by atoms with Gasteiger partial charge in [0.05, 0.1) is 12.0 Å². The molecule has 0 unspecified atom stereocenters. The number of nitrogens with zero attached hydrogens (tertiary/aromatic N) is 3. The van der Waals surface area contributed by atoms with E-state index < -0.39 is 0 Å². The van der Waals surface area contributed by atoms with Crippen LogP contribution in [-0.2, 0) is 0 Å². The fourth-order valence-corrected chi connectivity index (χ4v) is 3.30. The number of fused-ring (bicyclic) bond motifs is 1. The lowest BCUT2D eigenvalue weighted by molar-refractivity contribution is 0.343. The number of nitrogens with two attached hydrogens (primary N) is 1. The highest BCUT2D eigenvalue weighted by atomic mass is 16.2. The van der Waals surface area contributed by atoms with Crippen molar-refractivity contribution in [3.05, 3.63) is 58.9 Å². The third-order valence-corrected chi connectivity index (χ3v) is 4.86. The number of rotatable bonds is 5. The van der Waals surface area contributed by atoms with Crippen LogP contribution >= 0.6 is 0 Å². The van der Waals surface area contributed by atoms with Crippen molar-refractivity contribution in [2.75, 3.05) is 24.6 Å². The molecule has 0 amide bonds. The highest BCUT2D eigenvalue weighted by Gasteiger charge is 2.20. The fraction of sp³-hybridized carbons (Fsp3) is 0.364. The average molecular weight is 364 g/mol. The molecule has 1 aromatic rings. The zero-order valence-corrected chi connectivity index (χ0v) is 15.9. The van der Waals surface area contributed by atoms with Crippen LogP contribution in [0.5, 0.6) is 0 Å². The van der Waals surface area contributed by atoms with Crippen LogP contribution in [0.4, 0.5) is 5.82 Å². The monoisotopic (exact) mass is 364 g/mol. The van der Waals surface area contributed by atoms with E-state index in [1.807, 2.05) is 12.2 Å². The van der Waals surface area contributed by atoms with Crippen LogP contribution < -0.4 is 21.2 Å². The molecule has 1 aromatic heterocycles. The van der Waals surface area contributed by atoms with Crippen LogP contribution in [0.25, 0.3) is 17.7 Å². The minimum atomic E-state index is 0.0177. The second-order valence-corrected chi connectivity index (χ2v) is 7.02. The Morgan fingerprint density at radius 2 is 2.07 bits per heavy atom. The molecule has 0 bridgehead atoms. The Morgan fingerprint density at radius 3 is 2.81 bits per heavy atom. The molecule has 0 radical (unpaired) electrons. The lowest BCUT2D eigenvalue weighted by Crippen LogP contribution is -2.45. The second-order valence-electron chi connectivity index (χ2n) is 7.02. The predicted octanol–water partition coefficient (Wildman–Crippen LogP) is 1.43. The molecule has 0 saturated carbocycles. The summed E-state index contributed by atoms with van der Waals surface area (Å²) in [6.07, 6.45) is 16.5.